The van der Waals surface area contributed by atoms with Gasteiger partial charge in [0.25, 0.3) is 0 Å². The lowest BCUT2D eigenvalue weighted by molar-refractivity contribution is -0.0392. The van der Waals surface area contributed by atoms with E-state index in [1.807, 2.05) is 20.8 Å². The summed E-state index contributed by atoms with van der Waals surface area (Å²) in [5.41, 5.74) is 0.00369. The molecule has 94 valence electrons. The lowest BCUT2D eigenvalue weighted by atomic mass is 10.0. The summed E-state index contributed by atoms with van der Waals surface area (Å²) in [6.45, 7) is 8.00. The molecule has 0 aliphatic heterocycles. The highest BCUT2D eigenvalue weighted by Gasteiger charge is 2.29. The number of carbonyl (C=O) groups is 1. The third-order valence-corrected chi connectivity index (χ3v) is 2.68. The van der Waals surface area contributed by atoms with E-state index in [4.69, 9.17) is 9.84 Å². The highest BCUT2D eigenvalue weighted by molar-refractivity contribution is 5.85. The molecule has 0 aromatic carbocycles. The second-order valence-corrected chi connectivity index (χ2v) is 4.04. The van der Waals surface area contributed by atoms with Gasteiger partial charge in [0.05, 0.1) is 0 Å². The number of aromatic nitrogens is 2. The Kier molecular flexibility index (Phi) is 4.17. The zero-order valence-electron chi connectivity index (χ0n) is 10.6. The molecule has 1 aromatic heterocycles. The first-order valence-electron chi connectivity index (χ1n) is 5.66. The first kappa shape index (κ1) is 13.6. The minimum Gasteiger partial charge on any atom is -0.477 e. The minimum absolute atomic E-state index is 0.00637. The number of aromatic carboxylic acids is 1. The molecular formula is C12H18N2O3. The maximum absolute atomic E-state index is 10.9. The Morgan fingerprint density at radius 2 is 2.12 bits per heavy atom. The van der Waals surface area contributed by atoms with Crippen molar-refractivity contribution >= 4 is 5.97 Å². The van der Waals surface area contributed by atoms with Crippen LogP contribution >= 0.6 is 0 Å². The van der Waals surface area contributed by atoms with Crippen LogP contribution in [0.15, 0.2) is 6.07 Å². The summed E-state index contributed by atoms with van der Waals surface area (Å²) in [6.07, 6.45) is 0.684. The fourth-order valence-corrected chi connectivity index (χ4v) is 1.56. The van der Waals surface area contributed by atoms with E-state index in [2.05, 4.69) is 9.97 Å². The average Bonchev–Trinajstić information content (AvgIpc) is 2.28. The Labute approximate surface area is 101 Å². The number of aryl methyl sites for hydroxylation is 1. The molecule has 0 fully saturated rings. The van der Waals surface area contributed by atoms with Crippen LogP contribution in [0, 0.1) is 6.92 Å². The van der Waals surface area contributed by atoms with E-state index in [9.17, 15) is 4.79 Å². The Hall–Kier alpha value is -1.49. The quantitative estimate of drug-likeness (QED) is 0.850. The van der Waals surface area contributed by atoms with Crippen molar-refractivity contribution in [2.24, 2.45) is 0 Å². The smallest absolute Gasteiger partial charge is 0.354 e. The summed E-state index contributed by atoms with van der Waals surface area (Å²) in [5.74, 6) is -0.619. The first-order chi connectivity index (χ1) is 7.92. The maximum Gasteiger partial charge on any atom is 0.354 e. The molecule has 0 saturated heterocycles. The van der Waals surface area contributed by atoms with Gasteiger partial charge in [0.15, 0.2) is 11.5 Å². The van der Waals surface area contributed by atoms with Crippen LogP contribution in [0.25, 0.3) is 0 Å². The predicted octanol–water partition coefficient (Wildman–Crippen LogP) is 2.14. The molecule has 0 aliphatic rings. The van der Waals surface area contributed by atoms with Gasteiger partial charge in [-0.1, -0.05) is 6.92 Å². The topological polar surface area (TPSA) is 72.3 Å². The molecule has 0 bridgehead atoms. The van der Waals surface area contributed by atoms with E-state index in [0.717, 1.165) is 0 Å². The van der Waals surface area contributed by atoms with Crippen LogP contribution in [0.2, 0.25) is 0 Å². The fourth-order valence-electron chi connectivity index (χ4n) is 1.56. The molecule has 1 unspecified atom stereocenters. The van der Waals surface area contributed by atoms with Gasteiger partial charge in [-0.05, 0) is 33.3 Å². The molecule has 0 amide bonds. The van der Waals surface area contributed by atoms with Crippen LogP contribution in [0.1, 0.15) is 49.2 Å². The van der Waals surface area contributed by atoms with E-state index in [1.165, 1.54) is 6.07 Å². The molecule has 1 rings (SSSR count). The highest BCUT2D eigenvalue weighted by Crippen LogP contribution is 2.26. The third kappa shape index (κ3) is 3.00. The van der Waals surface area contributed by atoms with E-state index >= 15 is 0 Å². The summed E-state index contributed by atoms with van der Waals surface area (Å²) < 4.78 is 5.64. The summed E-state index contributed by atoms with van der Waals surface area (Å²) >= 11 is 0. The van der Waals surface area contributed by atoms with Gasteiger partial charge >= 0.3 is 5.97 Å². The van der Waals surface area contributed by atoms with Gasteiger partial charge in [0.1, 0.15) is 5.60 Å². The van der Waals surface area contributed by atoms with Gasteiger partial charge in [-0.15, -0.1) is 0 Å². The van der Waals surface area contributed by atoms with Crippen molar-refractivity contribution in [1.29, 1.82) is 0 Å². The Morgan fingerprint density at radius 3 is 2.59 bits per heavy atom. The SMILES string of the molecule is CCOC(C)(CC)c1nc(C)cc(C(=O)O)n1. The molecule has 5 heteroatoms. The molecule has 5 nitrogen and oxygen atoms in total. The van der Waals surface area contributed by atoms with Crippen molar-refractivity contribution in [3.63, 3.8) is 0 Å². The van der Waals surface area contributed by atoms with Crippen molar-refractivity contribution in [2.45, 2.75) is 39.7 Å². The van der Waals surface area contributed by atoms with Crippen molar-refractivity contribution in [3.8, 4) is 0 Å². The number of ether oxygens (including phenoxy) is 1. The van der Waals surface area contributed by atoms with Crippen molar-refractivity contribution in [2.75, 3.05) is 6.61 Å². The van der Waals surface area contributed by atoms with Crippen LogP contribution < -0.4 is 0 Å². The summed E-state index contributed by atoms with van der Waals surface area (Å²) in [6, 6.07) is 1.45. The molecule has 1 atom stereocenters. The van der Waals surface area contributed by atoms with E-state index in [-0.39, 0.29) is 5.69 Å². The van der Waals surface area contributed by atoms with Crippen LogP contribution in [-0.4, -0.2) is 27.7 Å². The number of carboxylic acid groups (broad SMARTS) is 1. The largest absolute Gasteiger partial charge is 0.477 e. The number of carboxylic acids is 1. The summed E-state index contributed by atoms with van der Waals surface area (Å²) in [4.78, 5) is 19.3. The van der Waals surface area contributed by atoms with E-state index in [1.54, 1.807) is 6.92 Å². The van der Waals surface area contributed by atoms with Gasteiger partial charge in [-0.2, -0.15) is 0 Å². The molecule has 0 radical (unpaired) electrons. The Morgan fingerprint density at radius 1 is 1.47 bits per heavy atom. The molecule has 0 saturated carbocycles. The Bertz CT molecular complexity index is 420. The number of rotatable bonds is 5. The molecule has 17 heavy (non-hydrogen) atoms. The second kappa shape index (κ2) is 5.23. The van der Waals surface area contributed by atoms with Crippen molar-refractivity contribution in [3.05, 3.63) is 23.3 Å². The standard InChI is InChI=1S/C12H18N2O3/c1-5-12(4,17-6-2)11-13-8(3)7-9(14-11)10(15)16/h7H,5-6H2,1-4H3,(H,15,16). The third-order valence-electron chi connectivity index (χ3n) is 2.68. The molecule has 1 aromatic rings. The molecule has 1 heterocycles. The lowest BCUT2D eigenvalue weighted by Crippen LogP contribution is -2.29. The van der Waals surface area contributed by atoms with Gasteiger partial charge in [0.2, 0.25) is 0 Å². The van der Waals surface area contributed by atoms with Crippen molar-refractivity contribution in [1.82, 2.24) is 9.97 Å². The molecule has 1 N–H and O–H groups in total. The number of hydrogen-bond donors (Lipinski definition) is 1. The normalized spacial score (nSPS) is 14.4. The van der Waals surface area contributed by atoms with Crippen LogP contribution in [0.5, 0.6) is 0 Å². The average molecular weight is 238 g/mol. The maximum atomic E-state index is 10.9. The number of nitrogens with zero attached hydrogens (tertiary/aromatic N) is 2. The predicted molar refractivity (Wildman–Crippen MR) is 63.0 cm³/mol. The molecule has 0 aliphatic carbocycles. The summed E-state index contributed by atoms with van der Waals surface area (Å²) in [5, 5.41) is 8.97. The monoisotopic (exact) mass is 238 g/mol. The molecule has 0 spiro atoms. The van der Waals surface area contributed by atoms with Gasteiger partial charge in [0, 0.05) is 12.3 Å². The van der Waals surface area contributed by atoms with Crippen molar-refractivity contribution < 1.29 is 14.6 Å². The van der Waals surface area contributed by atoms with Gasteiger partial charge < -0.3 is 9.84 Å². The summed E-state index contributed by atoms with van der Waals surface area (Å²) in [7, 11) is 0. The minimum atomic E-state index is -1.05. The van der Waals surface area contributed by atoms with Gasteiger partial charge in [-0.3, -0.25) is 0 Å². The Balaban J connectivity index is 3.24. The lowest BCUT2D eigenvalue weighted by Gasteiger charge is -2.26. The zero-order chi connectivity index (χ0) is 13.1. The van der Waals surface area contributed by atoms with Crippen LogP contribution in [-0.2, 0) is 10.3 Å². The molecular weight excluding hydrogens is 220 g/mol. The van der Waals surface area contributed by atoms with E-state index in [0.29, 0.717) is 24.5 Å². The fraction of sp³-hybridized carbons (Fsp3) is 0.583. The van der Waals surface area contributed by atoms with Crippen LogP contribution in [0.4, 0.5) is 0 Å². The highest BCUT2D eigenvalue weighted by atomic mass is 16.5. The van der Waals surface area contributed by atoms with E-state index < -0.39 is 11.6 Å². The second-order valence-electron chi connectivity index (χ2n) is 4.04. The first-order valence-corrected chi connectivity index (χ1v) is 5.66. The number of hydrogen-bond acceptors (Lipinski definition) is 4. The van der Waals surface area contributed by atoms with Gasteiger partial charge in [-0.25, -0.2) is 14.8 Å². The zero-order valence-corrected chi connectivity index (χ0v) is 10.6. The van der Waals surface area contributed by atoms with Crippen LogP contribution in [0.3, 0.4) is 0 Å².